The van der Waals surface area contributed by atoms with Crippen LogP contribution in [-0.2, 0) is 73.3 Å². The van der Waals surface area contributed by atoms with E-state index in [1.165, 1.54) is 14.2 Å². The number of hydrogen-bond acceptors (Lipinski definition) is 15. The van der Waals surface area contributed by atoms with Crippen molar-refractivity contribution in [3.63, 3.8) is 0 Å². The molecule has 0 aliphatic rings. The number of carbonyl (C=O) groups is 9. The van der Waals surface area contributed by atoms with Gasteiger partial charge in [0.1, 0.15) is 47.0 Å². The first-order chi connectivity index (χ1) is 34.0. The smallest absolute Gasteiger partial charge is 0.308 e. The standard InChI is InChI=1S/C53H85N7O14/c1-31(2)28-36(45(66)57-35(26-27-54)49(70-16)71-17)59-48(69)43(50(4,5)6)60-47(68)37(29-33-21-19-18-20-32(33)3)58-44(65)34(22-24-40(62)72-51(7,8)9)56-46(67)38(30-42(64)74-53(13,14)15)55-39(61)23-25-41(63)73-52(10,11)12/h18-21,31,34-38,43,49H,22-26,28-30H2,1-17H3,(H,55,61)(H,56,67)(H,57,66)(H,58,65)(H,59,69)(H,60,68)/t34-,35-,36-,37-,38-,43+/m0/s1. The number of carbonyl (C=O) groups excluding carboxylic acids is 9. The Hall–Kier alpha value is -6.14. The summed E-state index contributed by atoms with van der Waals surface area (Å²) in [6.07, 6.45) is -3.35. The highest BCUT2D eigenvalue weighted by atomic mass is 16.7. The van der Waals surface area contributed by atoms with Crippen LogP contribution in [0.3, 0.4) is 0 Å². The topological polar surface area (TPSA) is 296 Å². The summed E-state index contributed by atoms with van der Waals surface area (Å²) < 4.78 is 26.8. The number of rotatable bonds is 27. The van der Waals surface area contributed by atoms with E-state index in [9.17, 15) is 48.4 Å². The fourth-order valence-electron chi connectivity index (χ4n) is 7.27. The number of hydrogen-bond donors (Lipinski definition) is 6. The quantitative estimate of drug-likeness (QED) is 0.0412. The molecule has 6 amide bonds. The van der Waals surface area contributed by atoms with Gasteiger partial charge in [0.25, 0.3) is 0 Å². The third kappa shape index (κ3) is 26.2. The Morgan fingerprint density at radius 2 is 1.04 bits per heavy atom. The SMILES string of the molecule is COC(OC)[C@H](CC#N)NC(=O)[C@H](CC(C)C)NC(=O)[C@@H](NC(=O)[C@H](Cc1ccccc1C)NC(=O)[C@H](CCC(=O)OC(C)(C)C)NC(=O)[C@H](CC(=O)OC(C)(C)C)NC(=O)CCC(=O)OC(C)(C)C)C(C)(C)C. The van der Waals surface area contributed by atoms with Crippen molar-refractivity contribution in [2.24, 2.45) is 11.3 Å². The average molecular weight is 1040 g/mol. The zero-order chi connectivity index (χ0) is 56.9. The molecule has 6 N–H and O–H groups in total. The van der Waals surface area contributed by atoms with Crippen molar-refractivity contribution in [2.45, 2.75) is 215 Å². The second-order valence-corrected chi connectivity index (χ2v) is 22.7. The zero-order valence-electron chi connectivity index (χ0n) is 46.7. The minimum atomic E-state index is -1.65. The zero-order valence-corrected chi connectivity index (χ0v) is 46.7. The van der Waals surface area contributed by atoms with E-state index in [0.29, 0.717) is 5.56 Å². The van der Waals surface area contributed by atoms with Crippen LogP contribution in [-0.4, -0.2) is 127 Å². The largest absolute Gasteiger partial charge is 0.460 e. The van der Waals surface area contributed by atoms with Crippen LogP contribution >= 0.6 is 0 Å². The Labute approximate surface area is 437 Å². The van der Waals surface area contributed by atoms with E-state index in [-0.39, 0.29) is 38.0 Å². The van der Waals surface area contributed by atoms with Gasteiger partial charge in [0.05, 0.1) is 31.4 Å². The van der Waals surface area contributed by atoms with Gasteiger partial charge in [0.15, 0.2) is 6.29 Å². The van der Waals surface area contributed by atoms with E-state index >= 15 is 0 Å². The summed E-state index contributed by atoms with van der Waals surface area (Å²) in [7, 11) is 2.71. The van der Waals surface area contributed by atoms with Crippen molar-refractivity contribution in [3.8, 4) is 6.07 Å². The molecule has 1 aromatic carbocycles. The van der Waals surface area contributed by atoms with Crippen LogP contribution in [0.15, 0.2) is 24.3 Å². The molecule has 0 aliphatic carbocycles. The molecule has 0 heterocycles. The van der Waals surface area contributed by atoms with Gasteiger partial charge in [0.2, 0.25) is 35.4 Å². The normalized spacial score (nSPS) is 14.4. The molecule has 0 saturated heterocycles. The van der Waals surface area contributed by atoms with Gasteiger partial charge >= 0.3 is 17.9 Å². The first-order valence-corrected chi connectivity index (χ1v) is 24.9. The van der Waals surface area contributed by atoms with E-state index in [4.69, 9.17) is 23.7 Å². The molecule has 0 spiro atoms. The van der Waals surface area contributed by atoms with Crippen LogP contribution < -0.4 is 31.9 Å². The summed E-state index contributed by atoms with van der Waals surface area (Å²) >= 11 is 0. The number of ether oxygens (including phenoxy) is 5. The van der Waals surface area contributed by atoms with E-state index in [1.54, 1.807) is 114 Å². The lowest BCUT2D eigenvalue weighted by molar-refractivity contribution is -0.158. The predicted octanol–water partition coefficient (Wildman–Crippen LogP) is 4.05. The average Bonchev–Trinajstić information content (AvgIpc) is 3.24. The van der Waals surface area contributed by atoms with Gasteiger partial charge in [-0.05, 0) is 105 Å². The maximum atomic E-state index is 14.7. The highest BCUT2D eigenvalue weighted by Crippen LogP contribution is 2.22. The van der Waals surface area contributed by atoms with Crippen LogP contribution in [0.2, 0.25) is 0 Å². The summed E-state index contributed by atoms with van der Waals surface area (Å²) in [5.74, 6) is -7.34. The Morgan fingerprint density at radius 3 is 1.54 bits per heavy atom. The van der Waals surface area contributed by atoms with Crippen molar-refractivity contribution >= 4 is 53.4 Å². The predicted molar refractivity (Wildman–Crippen MR) is 274 cm³/mol. The molecule has 6 atom stereocenters. The molecule has 416 valence electrons. The molecule has 0 radical (unpaired) electrons. The Bertz CT molecular complexity index is 2120. The number of esters is 3. The fraction of sp³-hybridized carbons (Fsp3) is 0.698. The molecule has 0 unspecified atom stereocenters. The first kappa shape index (κ1) is 65.9. The molecule has 1 rings (SSSR count). The number of benzene rings is 1. The van der Waals surface area contributed by atoms with Crippen LogP contribution in [0.1, 0.15) is 153 Å². The van der Waals surface area contributed by atoms with Gasteiger partial charge in [0, 0.05) is 33.5 Å². The molecule has 1 aromatic rings. The summed E-state index contributed by atoms with van der Waals surface area (Å²) in [6.45, 7) is 25.3. The lowest BCUT2D eigenvalue weighted by atomic mass is 9.85. The van der Waals surface area contributed by atoms with Crippen LogP contribution in [0, 0.1) is 29.6 Å². The summed E-state index contributed by atoms with van der Waals surface area (Å²) in [5, 5.41) is 25.5. The lowest BCUT2D eigenvalue weighted by Crippen LogP contribution is -2.62. The van der Waals surface area contributed by atoms with Gasteiger partial charge in [-0.2, -0.15) is 5.26 Å². The molecule has 0 bridgehead atoms. The second kappa shape index (κ2) is 29.7. The van der Waals surface area contributed by atoms with Crippen LogP contribution in [0.4, 0.5) is 0 Å². The van der Waals surface area contributed by atoms with Crippen molar-refractivity contribution in [1.82, 2.24) is 31.9 Å². The first-order valence-electron chi connectivity index (χ1n) is 24.9. The van der Waals surface area contributed by atoms with Gasteiger partial charge in [-0.25, -0.2) is 0 Å². The number of aryl methyl sites for hydroxylation is 1. The molecule has 74 heavy (non-hydrogen) atoms. The van der Waals surface area contributed by atoms with E-state index in [0.717, 1.165) is 5.56 Å². The molecular formula is C53H85N7O14. The minimum Gasteiger partial charge on any atom is -0.460 e. The van der Waals surface area contributed by atoms with Crippen molar-refractivity contribution in [3.05, 3.63) is 35.4 Å². The van der Waals surface area contributed by atoms with E-state index in [2.05, 4.69) is 31.9 Å². The van der Waals surface area contributed by atoms with Gasteiger partial charge < -0.3 is 55.6 Å². The summed E-state index contributed by atoms with van der Waals surface area (Å²) in [5.41, 5.74) is -2.34. The van der Waals surface area contributed by atoms with Crippen molar-refractivity contribution < 1.29 is 66.8 Å². The Morgan fingerprint density at radius 1 is 0.568 bits per heavy atom. The molecule has 0 aromatic heterocycles. The Kier molecular flexibility index (Phi) is 26.4. The maximum absolute atomic E-state index is 14.7. The fourth-order valence-corrected chi connectivity index (χ4v) is 7.27. The third-order valence-electron chi connectivity index (χ3n) is 10.6. The number of methoxy groups -OCH3 is 2. The third-order valence-corrected chi connectivity index (χ3v) is 10.6. The molecule has 21 nitrogen and oxygen atoms in total. The number of nitriles is 1. The van der Waals surface area contributed by atoms with Crippen molar-refractivity contribution in [2.75, 3.05) is 14.2 Å². The summed E-state index contributed by atoms with van der Waals surface area (Å²) in [6, 6.07) is 1.05. The number of amides is 6. The summed E-state index contributed by atoms with van der Waals surface area (Å²) in [4.78, 5) is 124. The maximum Gasteiger partial charge on any atom is 0.308 e. The highest BCUT2D eigenvalue weighted by Gasteiger charge is 2.39. The minimum absolute atomic E-state index is 0.103. The Balaban J connectivity index is 3.79. The molecular weight excluding hydrogens is 959 g/mol. The highest BCUT2D eigenvalue weighted by molar-refractivity contribution is 5.98. The van der Waals surface area contributed by atoms with Crippen LogP contribution in [0.25, 0.3) is 0 Å². The lowest BCUT2D eigenvalue weighted by Gasteiger charge is -2.34. The van der Waals surface area contributed by atoms with Crippen LogP contribution in [0.5, 0.6) is 0 Å². The van der Waals surface area contributed by atoms with E-state index < -0.39 is 137 Å². The van der Waals surface area contributed by atoms with Crippen molar-refractivity contribution in [1.29, 1.82) is 5.26 Å². The molecule has 0 saturated carbocycles. The molecule has 21 heteroatoms. The molecule has 0 fully saturated rings. The second-order valence-electron chi connectivity index (χ2n) is 22.7. The van der Waals surface area contributed by atoms with Gasteiger partial charge in [-0.3, -0.25) is 43.2 Å². The van der Waals surface area contributed by atoms with E-state index in [1.807, 2.05) is 19.9 Å². The molecule has 0 aliphatic heterocycles. The number of nitrogens with one attached hydrogen (secondary N) is 6. The monoisotopic (exact) mass is 1040 g/mol. The van der Waals surface area contributed by atoms with Gasteiger partial charge in [-0.1, -0.05) is 58.9 Å². The number of nitrogens with zero attached hydrogens (tertiary/aromatic N) is 1. The van der Waals surface area contributed by atoms with Gasteiger partial charge in [-0.15, -0.1) is 0 Å².